The SMILES string of the molecule is C#C.C[C@]12Cn3cnc(-c4ccc(F)cc4)c3C=C1CCC[C@@H]2Cc1ccc(F)cc1. The molecule has 4 heteroatoms. The lowest BCUT2D eigenvalue weighted by atomic mass is 9.61. The van der Waals surface area contributed by atoms with E-state index >= 15 is 0 Å². The second kappa shape index (κ2) is 8.51. The lowest BCUT2D eigenvalue weighted by Gasteiger charge is -2.46. The van der Waals surface area contributed by atoms with Gasteiger partial charge in [-0.05, 0) is 79.6 Å². The molecule has 0 amide bonds. The number of imidazole rings is 1. The lowest BCUT2D eigenvalue weighted by Crippen LogP contribution is -2.40. The van der Waals surface area contributed by atoms with Crippen LogP contribution in [0.4, 0.5) is 8.78 Å². The van der Waals surface area contributed by atoms with Crippen LogP contribution in [-0.4, -0.2) is 9.55 Å². The van der Waals surface area contributed by atoms with E-state index < -0.39 is 0 Å². The summed E-state index contributed by atoms with van der Waals surface area (Å²) >= 11 is 0. The fraction of sp³-hybridized carbons (Fsp3) is 0.296. The fourth-order valence-electron chi connectivity index (χ4n) is 5.12. The second-order valence-corrected chi connectivity index (χ2v) is 8.62. The minimum absolute atomic E-state index is 0.0698. The summed E-state index contributed by atoms with van der Waals surface area (Å²) in [5.41, 5.74) is 5.72. The van der Waals surface area contributed by atoms with E-state index in [1.54, 1.807) is 24.3 Å². The average molecular weight is 417 g/mol. The smallest absolute Gasteiger partial charge is 0.123 e. The number of hydrogen-bond donors (Lipinski definition) is 0. The monoisotopic (exact) mass is 416 g/mol. The third-order valence-corrected chi connectivity index (χ3v) is 6.83. The summed E-state index contributed by atoms with van der Waals surface area (Å²) in [6.45, 7) is 3.26. The van der Waals surface area contributed by atoms with E-state index in [0.29, 0.717) is 5.92 Å². The van der Waals surface area contributed by atoms with Gasteiger partial charge in [-0.3, -0.25) is 0 Å². The van der Waals surface area contributed by atoms with Crippen LogP contribution >= 0.6 is 0 Å². The zero-order valence-corrected chi connectivity index (χ0v) is 17.7. The predicted molar refractivity (Wildman–Crippen MR) is 121 cm³/mol. The van der Waals surface area contributed by atoms with Gasteiger partial charge in [-0.15, -0.1) is 12.8 Å². The Bertz CT molecular complexity index is 1110. The Morgan fingerprint density at radius 3 is 2.35 bits per heavy atom. The molecule has 2 heterocycles. The number of benzene rings is 2. The molecule has 0 bridgehead atoms. The Balaban J connectivity index is 0.00000112. The van der Waals surface area contributed by atoms with Gasteiger partial charge in [0.1, 0.15) is 11.6 Å². The zero-order chi connectivity index (χ0) is 22.0. The van der Waals surface area contributed by atoms with E-state index in [1.165, 1.54) is 36.1 Å². The maximum atomic E-state index is 13.3. The zero-order valence-electron chi connectivity index (χ0n) is 17.7. The van der Waals surface area contributed by atoms with Crippen molar-refractivity contribution in [2.75, 3.05) is 0 Å². The normalized spacial score (nSPS) is 21.8. The van der Waals surface area contributed by atoms with Crippen LogP contribution in [0.3, 0.4) is 0 Å². The maximum absolute atomic E-state index is 13.3. The van der Waals surface area contributed by atoms with Crippen LogP contribution in [0.2, 0.25) is 0 Å². The number of hydrogen-bond acceptors (Lipinski definition) is 1. The van der Waals surface area contributed by atoms with Crippen molar-refractivity contribution in [1.82, 2.24) is 9.55 Å². The third kappa shape index (κ3) is 3.93. The fourth-order valence-corrected chi connectivity index (χ4v) is 5.12. The Labute approximate surface area is 182 Å². The van der Waals surface area contributed by atoms with E-state index in [4.69, 9.17) is 0 Å². The van der Waals surface area contributed by atoms with Gasteiger partial charge in [-0.1, -0.05) is 24.6 Å². The number of aromatic nitrogens is 2. The Morgan fingerprint density at radius 1 is 1.03 bits per heavy atom. The molecule has 1 fully saturated rings. The molecule has 1 aliphatic carbocycles. The standard InChI is InChI=1S/C25H24F2N2.C2H2/c1-25-15-29-16-28-24(18-7-11-22(27)12-8-18)23(29)14-20(25)4-2-3-19(25)13-17-5-9-21(26)10-6-17;1-2/h5-12,14,16,19H,2-4,13,15H2,1H3;1-2H/t19-,25-;/m1./s1. The molecule has 158 valence electrons. The van der Waals surface area contributed by atoms with Crippen molar-refractivity contribution < 1.29 is 8.78 Å². The first-order chi connectivity index (χ1) is 15.0. The van der Waals surface area contributed by atoms with Crippen LogP contribution in [-0.2, 0) is 13.0 Å². The van der Waals surface area contributed by atoms with Gasteiger partial charge in [0.05, 0.1) is 17.7 Å². The number of rotatable bonds is 3. The van der Waals surface area contributed by atoms with Gasteiger partial charge in [0.2, 0.25) is 0 Å². The summed E-state index contributed by atoms with van der Waals surface area (Å²) < 4.78 is 28.9. The minimum Gasteiger partial charge on any atom is -0.330 e. The topological polar surface area (TPSA) is 17.8 Å². The van der Waals surface area contributed by atoms with E-state index in [0.717, 1.165) is 36.3 Å². The highest BCUT2D eigenvalue weighted by Gasteiger charge is 2.43. The van der Waals surface area contributed by atoms with Gasteiger partial charge in [0.25, 0.3) is 0 Å². The van der Waals surface area contributed by atoms with Gasteiger partial charge >= 0.3 is 0 Å². The number of allylic oxidation sites excluding steroid dienone is 1. The minimum atomic E-state index is -0.233. The van der Waals surface area contributed by atoms with Crippen molar-refractivity contribution in [2.45, 2.75) is 39.2 Å². The average Bonchev–Trinajstić information content (AvgIpc) is 3.18. The van der Waals surface area contributed by atoms with Gasteiger partial charge in [0.15, 0.2) is 0 Å². The number of terminal acetylenes is 1. The summed E-state index contributed by atoms with van der Waals surface area (Å²) in [5, 5.41) is 0. The molecule has 1 saturated carbocycles. The molecule has 0 radical (unpaired) electrons. The van der Waals surface area contributed by atoms with Crippen molar-refractivity contribution in [3.63, 3.8) is 0 Å². The maximum Gasteiger partial charge on any atom is 0.123 e. The first-order valence-electron chi connectivity index (χ1n) is 10.6. The molecular weight excluding hydrogens is 390 g/mol. The lowest BCUT2D eigenvalue weighted by molar-refractivity contribution is 0.152. The molecule has 1 aliphatic heterocycles. The number of nitrogens with zero attached hydrogens (tertiary/aromatic N) is 2. The van der Waals surface area contributed by atoms with E-state index in [1.807, 2.05) is 18.5 Å². The van der Waals surface area contributed by atoms with Crippen molar-refractivity contribution in [3.8, 4) is 24.1 Å². The predicted octanol–water partition coefficient (Wildman–Crippen LogP) is 6.52. The van der Waals surface area contributed by atoms with Crippen LogP contribution in [0.25, 0.3) is 17.3 Å². The largest absolute Gasteiger partial charge is 0.330 e. The van der Waals surface area contributed by atoms with Crippen molar-refractivity contribution >= 4 is 6.08 Å². The summed E-state index contributed by atoms with van der Waals surface area (Å²) in [6, 6.07) is 13.5. The molecule has 3 aromatic rings. The Kier molecular flexibility index (Phi) is 5.78. The first-order valence-corrected chi connectivity index (χ1v) is 10.6. The van der Waals surface area contributed by atoms with E-state index in [-0.39, 0.29) is 17.0 Å². The summed E-state index contributed by atoms with van der Waals surface area (Å²) in [4.78, 5) is 4.66. The molecule has 31 heavy (non-hydrogen) atoms. The number of halogens is 2. The van der Waals surface area contributed by atoms with Crippen LogP contribution in [0.1, 0.15) is 37.4 Å². The molecule has 5 rings (SSSR count). The van der Waals surface area contributed by atoms with Crippen LogP contribution < -0.4 is 0 Å². The van der Waals surface area contributed by atoms with E-state index in [2.05, 4.69) is 35.4 Å². The molecule has 0 saturated heterocycles. The molecule has 2 nitrogen and oxygen atoms in total. The molecular formula is C27H26F2N2. The van der Waals surface area contributed by atoms with Crippen LogP contribution in [0.5, 0.6) is 0 Å². The quantitative estimate of drug-likeness (QED) is 0.444. The summed E-state index contributed by atoms with van der Waals surface area (Å²) in [5.74, 6) is 0.0969. The molecule has 2 aromatic carbocycles. The van der Waals surface area contributed by atoms with Crippen molar-refractivity contribution in [2.24, 2.45) is 11.3 Å². The molecule has 0 N–H and O–H groups in total. The highest BCUT2D eigenvalue weighted by atomic mass is 19.1. The van der Waals surface area contributed by atoms with Crippen LogP contribution in [0, 0.1) is 35.8 Å². The highest BCUT2D eigenvalue weighted by molar-refractivity contribution is 5.72. The summed E-state index contributed by atoms with van der Waals surface area (Å²) in [7, 11) is 0. The summed E-state index contributed by atoms with van der Waals surface area (Å²) in [6.07, 6.45) is 16.6. The first kappa shape index (κ1) is 21.1. The molecule has 0 spiro atoms. The van der Waals surface area contributed by atoms with Gasteiger partial charge in [-0.2, -0.15) is 0 Å². The Hall–Kier alpha value is -3.19. The highest BCUT2D eigenvalue weighted by Crippen LogP contribution is 2.51. The van der Waals surface area contributed by atoms with Crippen molar-refractivity contribution in [3.05, 3.63) is 83.3 Å². The van der Waals surface area contributed by atoms with E-state index in [9.17, 15) is 8.78 Å². The van der Waals surface area contributed by atoms with Crippen LogP contribution in [0.15, 0.2) is 60.4 Å². The molecule has 2 aliphatic rings. The second-order valence-electron chi connectivity index (χ2n) is 8.62. The molecule has 0 unspecified atom stereocenters. The number of fused-ring (bicyclic) bond motifs is 2. The van der Waals surface area contributed by atoms with Gasteiger partial charge in [-0.25, -0.2) is 13.8 Å². The third-order valence-electron chi connectivity index (χ3n) is 6.83. The van der Waals surface area contributed by atoms with Crippen molar-refractivity contribution in [1.29, 1.82) is 0 Å². The van der Waals surface area contributed by atoms with Gasteiger partial charge < -0.3 is 4.57 Å². The van der Waals surface area contributed by atoms with Gasteiger partial charge in [0, 0.05) is 17.5 Å². The Morgan fingerprint density at radius 2 is 1.68 bits per heavy atom. The molecule has 2 atom stereocenters. The molecule has 1 aromatic heterocycles.